The highest BCUT2D eigenvalue weighted by Gasteiger charge is 2.26. The number of anilines is 1. The Bertz CT molecular complexity index is 1070. The normalized spacial score (nSPS) is 12.3. The van der Waals surface area contributed by atoms with Crippen LogP contribution in [-0.2, 0) is 12.8 Å². The quantitative estimate of drug-likeness (QED) is 0.160. The number of urea groups is 1. The highest BCUT2D eigenvalue weighted by molar-refractivity contribution is 14.0. The summed E-state index contributed by atoms with van der Waals surface area (Å²) < 4.78 is 28.1. The van der Waals surface area contributed by atoms with Crippen molar-refractivity contribution in [1.29, 1.82) is 0 Å². The fourth-order valence-electron chi connectivity index (χ4n) is 3.90. The van der Waals surface area contributed by atoms with E-state index in [9.17, 15) is 13.6 Å². The number of amides is 2. The van der Waals surface area contributed by atoms with E-state index in [4.69, 9.17) is 17.3 Å². The van der Waals surface area contributed by atoms with Gasteiger partial charge >= 0.3 is 6.03 Å². The first-order chi connectivity index (χ1) is 16.3. The molecule has 0 radical (unpaired) electrons. The molecule has 8 heteroatoms. The monoisotopic (exact) mass is 613 g/mol. The van der Waals surface area contributed by atoms with Gasteiger partial charge in [0.1, 0.15) is 11.6 Å². The standard InChI is InChI=1S/C27H30ClF2N3O.HI/c28-22-10-8-20(9-11-22)14-16-27(31,19-21-18-23(29)12-13-25(21)30)15-4-5-17-32-26(34)33-24-6-2-1-3-7-24;/h1-3,6-13,18H,4-5,14-17,19,31H2,(H2,32,33,34);1H. The first-order valence-electron chi connectivity index (χ1n) is 11.4. The van der Waals surface area contributed by atoms with Crippen LogP contribution in [-0.4, -0.2) is 18.1 Å². The van der Waals surface area contributed by atoms with E-state index < -0.39 is 17.2 Å². The van der Waals surface area contributed by atoms with Crippen molar-refractivity contribution in [3.63, 3.8) is 0 Å². The summed E-state index contributed by atoms with van der Waals surface area (Å²) in [6.45, 7) is 0.486. The lowest BCUT2D eigenvalue weighted by molar-refractivity contribution is 0.251. The molecule has 4 N–H and O–H groups in total. The minimum atomic E-state index is -0.722. The molecule has 2 amide bonds. The Morgan fingerprint density at radius 1 is 0.943 bits per heavy atom. The van der Waals surface area contributed by atoms with Gasteiger partial charge in [0.05, 0.1) is 0 Å². The van der Waals surface area contributed by atoms with Crippen molar-refractivity contribution in [1.82, 2.24) is 5.32 Å². The molecule has 0 saturated carbocycles. The largest absolute Gasteiger partial charge is 0.338 e. The summed E-state index contributed by atoms with van der Waals surface area (Å²) in [6.07, 6.45) is 3.59. The average Bonchev–Trinajstić information content (AvgIpc) is 2.82. The van der Waals surface area contributed by atoms with Gasteiger partial charge in [-0.25, -0.2) is 13.6 Å². The number of unbranched alkanes of at least 4 members (excludes halogenated alkanes) is 1. The Hall–Kier alpha value is -2.23. The molecular formula is C27H31ClF2IN3O. The van der Waals surface area contributed by atoms with Gasteiger partial charge in [-0.3, -0.25) is 0 Å². The molecule has 0 fully saturated rings. The van der Waals surface area contributed by atoms with E-state index in [0.29, 0.717) is 37.3 Å². The predicted molar refractivity (Wildman–Crippen MR) is 149 cm³/mol. The number of hydrogen-bond donors (Lipinski definition) is 3. The van der Waals surface area contributed by atoms with E-state index in [1.54, 1.807) is 0 Å². The van der Waals surface area contributed by atoms with Crippen LogP contribution in [0.4, 0.5) is 19.3 Å². The van der Waals surface area contributed by atoms with Gasteiger partial charge in [0.15, 0.2) is 0 Å². The van der Waals surface area contributed by atoms with Gasteiger partial charge in [-0.05, 0) is 92.1 Å². The number of carbonyl (C=O) groups excluding carboxylic acids is 1. The Morgan fingerprint density at radius 3 is 2.37 bits per heavy atom. The maximum Gasteiger partial charge on any atom is 0.319 e. The minimum Gasteiger partial charge on any atom is -0.338 e. The van der Waals surface area contributed by atoms with E-state index in [0.717, 1.165) is 29.8 Å². The van der Waals surface area contributed by atoms with E-state index in [-0.39, 0.29) is 42.0 Å². The molecule has 3 aromatic carbocycles. The molecule has 3 aromatic rings. The van der Waals surface area contributed by atoms with Crippen molar-refractivity contribution in [2.24, 2.45) is 5.73 Å². The van der Waals surface area contributed by atoms with Crippen LogP contribution >= 0.6 is 35.6 Å². The van der Waals surface area contributed by atoms with Crippen molar-refractivity contribution >= 4 is 47.3 Å². The number of aryl methyl sites for hydroxylation is 1. The summed E-state index contributed by atoms with van der Waals surface area (Å²) in [6, 6.07) is 19.9. The number of halogens is 4. The van der Waals surface area contributed by atoms with Crippen molar-refractivity contribution in [2.75, 3.05) is 11.9 Å². The van der Waals surface area contributed by atoms with E-state index >= 15 is 0 Å². The summed E-state index contributed by atoms with van der Waals surface area (Å²) in [4.78, 5) is 12.0. The molecule has 0 aliphatic heterocycles. The van der Waals surface area contributed by atoms with Crippen LogP contribution in [0, 0.1) is 11.6 Å². The summed E-state index contributed by atoms with van der Waals surface area (Å²) in [5.74, 6) is -0.938. The molecule has 0 aliphatic rings. The first kappa shape index (κ1) is 29.0. The lowest BCUT2D eigenvalue weighted by Crippen LogP contribution is -2.43. The van der Waals surface area contributed by atoms with Crippen LogP contribution in [0.15, 0.2) is 72.8 Å². The van der Waals surface area contributed by atoms with Gasteiger partial charge in [0.25, 0.3) is 0 Å². The van der Waals surface area contributed by atoms with Gasteiger partial charge < -0.3 is 16.4 Å². The van der Waals surface area contributed by atoms with E-state index in [1.807, 2.05) is 54.6 Å². The van der Waals surface area contributed by atoms with Crippen molar-refractivity contribution in [2.45, 2.75) is 44.1 Å². The second-order valence-electron chi connectivity index (χ2n) is 8.61. The zero-order valence-electron chi connectivity index (χ0n) is 19.4. The van der Waals surface area contributed by atoms with E-state index in [2.05, 4.69) is 10.6 Å². The first-order valence-corrected chi connectivity index (χ1v) is 11.8. The fraction of sp³-hybridized carbons (Fsp3) is 0.296. The maximum absolute atomic E-state index is 14.3. The van der Waals surface area contributed by atoms with Crippen molar-refractivity contribution in [3.8, 4) is 0 Å². The Labute approximate surface area is 227 Å². The summed E-state index contributed by atoms with van der Waals surface area (Å²) in [5.41, 5.74) is 8.12. The molecule has 3 rings (SSSR count). The lowest BCUT2D eigenvalue weighted by atomic mass is 9.82. The van der Waals surface area contributed by atoms with Crippen LogP contribution in [0.3, 0.4) is 0 Å². The molecular weight excluding hydrogens is 583 g/mol. The van der Waals surface area contributed by atoms with Crippen LogP contribution in [0.1, 0.15) is 36.8 Å². The number of nitrogens with one attached hydrogen (secondary N) is 2. The van der Waals surface area contributed by atoms with Crippen LogP contribution in [0.5, 0.6) is 0 Å². The molecule has 4 nitrogen and oxygen atoms in total. The van der Waals surface area contributed by atoms with Crippen LogP contribution in [0.25, 0.3) is 0 Å². The molecule has 1 unspecified atom stereocenters. The number of rotatable bonds is 11. The molecule has 1 atom stereocenters. The van der Waals surface area contributed by atoms with Gasteiger partial charge in [0, 0.05) is 22.8 Å². The highest BCUT2D eigenvalue weighted by Crippen LogP contribution is 2.26. The Balaban J connectivity index is 0.00000432. The predicted octanol–water partition coefficient (Wildman–Crippen LogP) is 7.10. The number of benzene rings is 3. The zero-order valence-corrected chi connectivity index (χ0v) is 22.5. The van der Waals surface area contributed by atoms with Crippen molar-refractivity contribution < 1.29 is 13.6 Å². The summed E-state index contributed by atoms with van der Waals surface area (Å²) in [5, 5.41) is 6.27. The molecule has 0 aliphatic carbocycles. The molecule has 0 saturated heterocycles. The van der Waals surface area contributed by atoms with Gasteiger partial charge in [0.2, 0.25) is 0 Å². The number of hydrogen-bond acceptors (Lipinski definition) is 2. The topological polar surface area (TPSA) is 67.1 Å². The second-order valence-corrected chi connectivity index (χ2v) is 9.04. The highest BCUT2D eigenvalue weighted by atomic mass is 127. The SMILES string of the molecule is I.NC(CCCCNC(=O)Nc1ccccc1)(CCc1ccc(Cl)cc1)Cc1cc(F)ccc1F. The smallest absolute Gasteiger partial charge is 0.319 e. The van der Waals surface area contributed by atoms with Crippen LogP contribution in [0.2, 0.25) is 5.02 Å². The third-order valence-corrected chi connectivity index (χ3v) is 6.05. The Kier molecular flexibility index (Phi) is 11.9. The lowest BCUT2D eigenvalue weighted by Gasteiger charge is -2.30. The zero-order chi connectivity index (χ0) is 24.4. The fourth-order valence-corrected chi connectivity index (χ4v) is 4.03. The van der Waals surface area contributed by atoms with E-state index in [1.165, 1.54) is 6.07 Å². The third-order valence-electron chi connectivity index (χ3n) is 5.79. The molecule has 0 aromatic heterocycles. The molecule has 0 heterocycles. The number of para-hydroxylation sites is 1. The summed E-state index contributed by atoms with van der Waals surface area (Å²) in [7, 11) is 0. The van der Waals surface area contributed by atoms with Gasteiger partial charge in [-0.15, -0.1) is 24.0 Å². The molecule has 188 valence electrons. The van der Waals surface area contributed by atoms with Gasteiger partial charge in [-0.2, -0.15) is 0 Å². The van der Waals surface area contributed by atoms with Crippen LogP contribution < -0.4 is 16.4 Å². The second kappa shape index (κ2) is 14.4. The Morgan fingerprint density at radius 2 is 1.66 bits per heavy atom. The molecule has 35 heavy (non-hydrogen) atoms. The minimum absolute atomic E-state index is 0. The average molecular weight is 614 g/mol. The maximum atomic E-state index is 14.3. The molecule has 0 spiro atoms. The van der Waals surface area contributed by atoms with Gasteiger partial charge in [-0.1, -0.05) is 41.9 Å². The summed E-state index contributed by atoms with van der Waals surface area (Å²) >= 11 is 5.97. The number of nitrogens with two attached hydrogens (primary N) is 1. The molecule has 0 bridgehead atoms. The number of carbonyl (C=O) groups is 1. The third kappa shape index (κ3) is 10.1. The van der Waals surface area contributed by atoms with Crippen molar-refractivity contribution in [3.05, 3.63) is 101 Å².